The van der Waals surface area contributed by atoms with Crippen molar-refractivity contribution in [1.82, 2.24) is 15.5 Å². The number of aryl methyl sites for hydroxylation is 1. The highest BCUT2D eigenvalue weighted by Gasteiger charge is 2.15. The Hall–Kier alpha value is -0.900. The van der Waals surface area contributed by atoms with E-state index in [1.165, 1.54) is 0 Å². The smallest absolute Gasteiger partial charge is 0.228 e. The van der Waals surface area contributed by atoms with E-state index in [1.54, 1.807) is 0 Å². The van der Waals surface area contributed by atoms with Gasteiger partial charge in [0.25, 0.3) is 0 Å². The van der Waals surface area contributed by atoms with Crippen LogP contribution in [0.4, 0.5) is 0 Å². The van der Waals surface area contributed by atoms with Crippen LogP contribution in [0.15, 0.2) is 4.52 Å². The Bertz CT molecular complexity index is 341. The third-order valence-corrected chi connectivity index (χ3v) is 3.02. The molecule has 1 aromatic heterocycles. The molecule has 0 saturated heterocycles. The molecule has 104 valence electrons. The van der Waals surface area contributed by atoms with Gasteiger partial charge >= 0.3 is 0 Å². The van der Waals surface area contributed by atoms with Crippen molar-refractivity contribution in [2.45, 2.75) is 66.3 Å². The molecule has 1 heterocycles. The van der Waals surface area contributed by atoms with E-state index in [9.17, 15) is 0 Å². The van der Waals surface area contributed by atoms with Gasteiger partial charge in [0.15, 0.2) is 5.82 Å². The van der Waals surface area contributed by atoms with E-state index in [0.29, 0.717) is 11.5 Å². The first-order chi connectivity index (χ1) is 8.44. The Labute approximate surface area is 111 Å². The predicted molar refractivity (Wildman–Crippen MR) is 73.5 cm³/mol. The Balaban J connectivity index is 2.47. The lowest BCUT2D eigenvalue weighted by atomic mass is 9.90. The fourth-order valence-corrected chi connectivity index (χ4v) is 1.82. The maximum atomic E-state index is 5.31. The molecule has 4 nitrogen and oxygen atoms in total. The van der Waals surface area contributed by atoms with Gasteiger partial charge in [-0.3, -0.25) is 0 Å². The predicted octanol–water partition coefficient (Wildman–Crippen LogP) is 2.98. The standard InChI is InChI=1S/C14H27N3O/c1-6-11(15-7-2)10-13-16-12(17-18-13)8-9-14(3,4)5/h11,15H,6-10H2,1-5H3. The Morgan fingerprint density at radius 2 is 2.00 bits per heavy atom. The van der Waals surface area contributed by atoms with E-state index in [2.05, 4.69) is 50.1 Å². The number of nitrogens with zero attached hydrogens (tertiary/aromatic N) is 2. The molecule has 0 amide bonds. The van der Waals surface area contributed by atoms with Crippen molar-refractivity contribution in [3.05, 3.63) is 11.7 Å². The van der Waals surface area contributed by atoms with Crippen molar-refractivity contribution in [2.24, 2.45) is 5.41 Å². The number of aromatic nitrogens is 2. The topological polar surface area (TPSA) is 51.0 Å². The number of hydrogen-bond acceptors (Lipinski definition) is 4. The largest absolute Gasteiger partial charge is 0.339 e. The van der Waals surface area contributed by atoms with Crippen LogP contribution >= 0.6 is 0 Å². The van der Waals surface area contributed by atoms with Gasteiger partial charge in [-0.25, -0.2) is 0 Å². The zero-order chi connectivity index (χ0) is 13.6. The summed E-state index contributed by atoms with van der Waals surface area (Å²) >= 11 is 0. The van der Waals surface area contributed by atoms with Crippen LogP contribution in [-0.4, -0.2) is 22.7 Å². The van der Waals surface area contributed by atoms with Gasteiger partial charge in [0, 0.05) is 18.9 Å². The van der Waals surface area contributed by atoms with Crippen LogP contribution in [0.5, 0.6) is 0 Å². The van der Waals surface area contributed by atoms with Gasteiger partial charge in [0.2, 0.25) is 5.89 Å². The first kappa shape index (κ1) is 15.2. The first-order valence-electron chi connectivity index (χ1n) is 6.99. The maximum absolute atomic E-state index is 5.31. The second-order valence-corrected chi connectivity index (χ2v) is 6.03. The first-order valence-corrected chi connectivity index (χ1v) is 6.99. The zero-order valence-electron chi connectivity index (χ0n) is 12.4. The minimum absolute atomic E-state index is 0.316. The van der Waals surface area contributed by atoms with Crippen molar-refractivity contribution in [2.75, 3.05) is 6.54 Å². The van der Waals surface area contributed by atoms with Gasteiger partial charge in [-0.05, 0) is 24.8 Å². The summed E-state index contributed by atoms with van der Waals surface area (Å²) in [7, 11) is 0. The van der Waals surface area contributed by atoms with Crippen molar-refractivity contribution in [1.29, 1.82) is 0 Å². The van der Waals surface area contributed by atoms with E-state index >= 15 is 0 Å². The molecular formula is C14H27N3O. The molecule has 0 bridgehead atoms. The highest BCUT2D eigenvalue weighted by molar-refractivity contribution is 4.90. The molecule has 0 fully saturated rings. The van der Waals surface area contributed by atoms with Crippen molar-refractivity contribution >= 4 is 0 Å². The second-order valence-electron chi connectivity index (χ2n) is 6.03. The van der Waals surface area contributed by atoms with Crippen molar-refractivity contribution in [3.8, 4) is 0 Å². The zero-order valence-corrected chi connectivity index (χ0v) is 12.4. The van der Waals surface area contributed by atoms with Gasteiger partial charge in [-0.15, -0.1) is 0 Å². The summed E-state index contributed by atoms with van der Waals surface area (Å²) in [6.07, 6.45) is 3.88. The molecule has 1 N–H and O–H groups in total. The summed E-state index contributed by atoms with van der Waals surface area (Å²) in [5.74, 6) is 1.60. The van der Waals surface area contributed by atoms with Gasteiger partial charge in [-0.1, -0.05) is 39.8 Å². The third-order valence-electron chi connectivity index (χ3n) is 3.02. The van der Waals surface area contributed by atoms with Crippen LogP contribution in [0.25, 0.3) is 0 Å². The molecule has 1 aromatic rings. The number of likely N-dealkylation sites (N-methyl/N-ethyl adjacent to an activating group) is 1. The molecule has 1 atom stereocenters. The van der Waals surface area contributed by atoms with Crippen LogP contribution in [0.1, 0.15) is 59.2 Å². The van der Waals surface area contributed by atoms with Crippen LogP contribution in [-0.2, 0) is 12.8 Å². The molecule has 0 aliphatic carbocycles. The molecule has 18 heavy (non-hydrogen) atoms. The van der Waals surface area contributed by atoms with Gasteiger partial charge in [0.1, 0.15) is 0 Å². The SMILES string of the molecule is CCNC(CC)Cc1nc(CCC(C)(C)C)no1. The highest BCUT2D eigenvalue weighted by atomic mass is 16.5. The second kappa shape index (κ2) is 6.88. The molecule has 0 aliphatic heterocycles. The number of nitrogens with one attached hydrogen (secondary N) is 1. The summed E-state index contributed by atoms with van der Waals surface area (Å²) in [4.78, 5) is 4.47. The Morgan fingerprint density at radius 3 is 2.56 bits per heavy atom. The summed E-state index contributed by atoms with van der Waals surface area (Å²) in [5, 5.41) is 7.47. The molecule has 4 heteroatoms. The van der Waals surface area contributed by atoms with Crippen molar-refractivity contribution < 1.29 is 4.52 Å². The minimum Gasteiger partial charge on any atom is -0.339 e. The molecule has 0 aromatic carbocycles. The van der Waals surface area contributed by atoms with Crippen LogP contribution < -0.4 is 5.32 Å². The van der Waals surface area contributed by atoms with Gasteiger partial charge < -0.3 is 9.84 Å². The Kier molecular flexibility index (Phi) is 5.79. The van der Waals surface area contributed by atoms with Crippen molar-refractivity contribution in [3.63, 3.8) is 0 Å². The highest BCUT2D eigenvalue weighted by Crippen LogP contribution is 2.20. The normalized spacial score (nSPS) is 13.8. The van der Waals surface area contributed by atoms with E-state index in [0.717, 1.165) is 43.9 Å². The van der Waals surface area contributed by atoms with Crippen LogP contribution in [0.3, 0.4) is 0 Å². The molecular weight excluding hydrogens is 226 g/mol. The summed E-state index contributed by atoms with van der Waals surface area (Å²) in [6, 6.07) is 0.436. The molecule has 0 aliphatic rings. The third kappa shape index (κ3) is 5.63. The maximum Gasteiger partial charge on any atom is 0.228 e. The lowest BCUT2D eigenvalue weighted by Gasteiger charge is -2.15. The molecule has 0 saturated carbocycles. The van der Waals surface area contributed by atoms with E-state index in [4.69, 9.17) is 4.52 Å². The minimum atomic E-state index is 0.316. The van der Waals surface area contributed by atoms with Crippen LogP contribution in [0.2, 0.25) is 0 Å². The molecule has 0 spiro atoms. The molecule has 0 radical (unpaired) electrons. The summed E-state index contributed by atoms with van der Waals surface area (Å²) in [6.45, 7) is 11.9. The quantitative estimate of drug-likeness (QED) is 0.811. The average molecular weight is 253 g/mol. The van der Waals surface area contributed by atoms with E-state index in [1.807, 2.05) is 0 Å². The summed E-state index contributed by atoms with van der Waals surface area (Å²) < 4.78 is 5.31. The fraction of sp³-hybridized carbons (Fsp3) is 0.857. The van der Waals surface area contributed by atoms with E-state index < -0.39 is 0 Å². The molecule has 1 unspecified atom stereocenters. The van der Waals surface area contributed by atoms with Gasteiger partial charge in [-0.2, -0.15) is 4.98 Å². The lowest BCUT2D eigenvalue weighted by molar-refractivity contribution is 0.344. The number of rotatable bonds is 7. The van der Waals surface area contributed by atoms with E-state index in [-0.39, 0.29) is 0 Å². The number of hydrogen-bond donors (Lipinski definition) is 1. The Morgan fingerprint density at radius 1 is 1.28 bits per heavy atom. The average Bonchev–Trinajstić information content (AvgIpc) is 2.73. The van der Waals surface area contributed by atoms with Gasteiger partial charge in [0.05, 0.1) is 0 Å². The lowest BCUT2D eigenvalue weighted by Crippen LogP contribution is -2.30. The van der Waals surface area contributed by atoms with Crippen LogP contribution in [0, 0.1) is 5.41 Å². The molecule has 1 rings (SSSR count). The monoisotopic (exact) mass is 253 g/mol. The fourth-order valence-electron chi connectivity index (χ4n) is 1.82. The summed E-state index contributed by atoms with van der Waals surface area (Å²) in [5.41, 5.74) is 0.316.